The molecule has 1 rings (SSSR count). The lowest BCUT2D eigenvalue weighted by atomic mass is 9.83. The Bertz CT molecular complexity index is 202. The van der Waals surface area contributed by atoms with Crippen LogP contribution in [0.3, 0.4) is 0 Å². The summed E-state index contributed by atoms with van der Waals surface area (Å²) in [5.74, 6) is -0.214. The van der Waals surface area contributed by atoms with E-state index in [9.17, 15) is 14.9 Å². The van der Waals surface area contributed by atoms with Crippen molar-refractivity contribution in [3.05, 3.63) is 10.1 Å². The van der Waals surface area contributed by atoms with Gasteiger partial charge in [-0.15, -0.1) is 0 Å². The van der Waals surface area contributed by atoms with Crippen LogP contribution in [0.2, 0.25) is 0 Å². The molecular weight excluding hydrogens is 146 g/mol. The van der Waals surface area contributed by atoms with E-state index in [0.717, 1.165) is 12.8 Å². The van der Waals surface area contributed by atoms with Crippen molar-refractivity contribution in [2.45, 2.75) is 38.1 Å². The van der Waals surface area contributed by atoms with E-state index in [4.69, 9.17) is 0 Å². The molecule has 0 amide bonds. The topological polar surface area (TPSA) is 60.2 Å². The molecule has 62 valence electrons. The van der Waals surface area contributed by atoms with Gasteiger partial charge in [0.05, 0.1) is 0 Å². The zero-order valence-electron chi connectivity index (χ0n) is 6.50. The monoisotopic (exact) mass is 157 g/mol. The molecule has 1 saturated carbocycles. The minimum absolute atomic E-state index is 0.214. The summed E-state index contributed by atoms with van der Waals surface area (Å²) in [6.45, 7) is 1.43. The van der Waals surface area contributed by atoms with Crippen molar-refractivity contribution in [1.29, 1.82) is 0 Å². The highest BCUT2D eigenvalue weighted by molar-refractivity contribution is 5.87. The molecule has 0 aromatic rings. The summed E-state index contributed by atoms with van der Waals surface area (Å²) < 4.78 is 0. The van der Waals surface area contributed by atoms with E-state index in [1.54, 1.807) is 0 Å². The third-order valence-electron chi connectivity index (χ3n) is 2.32. The van der Waals surface area contributed by atoms with E-state index in [-0.39, 0.29) is 5.78 Å². The third-order valence-corrected chi connectivity index (χ3v) is 2.32. The van der Waals surface area contributed by atoms with Gasteiger partial charge >= 0.3 is 0 Å². The Hall–Kier alpha value is -0.930. The molecule has 0 aromatic heterocycles. The molecule has 0 aromatic carbocycles. The van der Waals surface area contributed by atoms with Gasteiger partial charge in [0.1, 0.15) is 0 Å². The summed E-state index contributed by atoms with van der Waals surface area (Å²) in [5.41, 5.74) is -1.28. The van der Waals surface area contributed by atoms with E-state index < -0.39 is 10.5 Å². The standard InChI is InChI=1S/C7H11NO3/c1-7(8(10)11)5-3-2-4-6(7)9/h2-5H2,1H3/t7-/m0/s1. The second kappa shape index (κ2) is 2.60. The normalized spacial score (nSPS) is 31.9. The molecule has 0 saturated heterocycles. The Morgan fingerprint density at radius 3 is 2.55 bits per heavy atom. The lowest BCUT2D eigenvalue weighted by Crippen LogP contribution is -2.45. The Morgan fingerprint density at radius 2 is 2.18 bits per heavy atom. The maximum atomic E-state index is 11.1. The van der Waals surface area contributed by atoms with Crippen LogP contribution in [0, 0.1) is 10.1 Å². The highest BCUT2D eigenvalue weighted by Crippen LogP contribution is 2.26. The predicted octanol–water partition coefficient (Wildman–Crippen LogP) is 1.16. The number of carbonyl (C=O) groups excluding carboxylic acids is 1. The summed E-state index contributed by atoms with van der Waals surface area (Å²) in [6, 6.07) is 0. The Morgan fingerprint density at radius 1 is 1.55 bits per heavy atom. The number of rotatable bonds is 1. The number of nitrogens with zero attached hydrogens (tertiary/aromatic N) is 1. The maximum Gasteiger partial charge on any atom is 0.276 e. The third kappa shape index (κ3) is 1.25. The Labute approximate surface area is 64.7 Å². The van der Waals surface area contributed by atoms with Crippen LogP contribution in [0.1, 0.15) is 32.6 Å². The van der Waals surface area contributed by atoms with E-state index in [0.29, 0.717) is 12.8 Å². The second-order valence-electron chi connectivity index (χ2n) is 3.16. The first-order valence-electron chi connectivity index (χ1n) is 3.75. The lowest BCUT2D eigenvalue weighted by Gasteiger charge is -2.23. The summed E-state index contributed by atoms with van der Waals surface area (Å²) in [7, 11) is 0. The molecule has 1 aliphatic carbocycles. The van der Waals surface area contributed by atoms with Gasteiger partial charge in [0.25, 0.3) is 5.54 Å². The minimum Gasteiger partial charge on any atom is -0.292 e. The summed E-state index contributed by atoms with van der Waals surface area (Å²) >= 11 is 0. The van der Waals surface area contributed by atoms with Crippen molar-refractivity contribution < 1.29 is 9.72 Å². The summed E-state index contributed by atoms with van der Waals surface area (Å²) in [6.07, 6.45) is 2.38. The predicted molar refractivity (Wildman–Crippen MR) is 38.9 cm³/mol. The molecule has 0 heterocycles. The van der Waals surface area contributed by atoms with Crippen LogP contribution < -0.4 is 0 Å². The first kappa shape index (κ1) is 8.17. The molecule has 1 fully saturated rings. The van der Waals surface area contributed by atoms with Gasteiger partial charge in [-0.1, -0.05) is 0 Å². The maximum absolute atomic E-state index is 11.1. The van der Waals surface area contributed by atoms with Gasteiger partial charge in [0, 0.05) is 24.7 Å². The van der Waals surface area contributed by atoms with Crippen molar-refractivity contribution in [3.8, 4) is 0 Å². The van der Waals surface area contributed by atoms with Crippen LogP contribution in [0.4, 0.5) is 0 Å². The van der Waals surface area contributed by atoms with Crippen molar-refractivity contribution in [2.75, 3.05) is 0 Å². The average Bonchev–Trinajstić information content (AvgIpc) is 1.95. The van der Waals surface area contributed by atoms with Gasteiger partial charge in [0.2, 0.25) is 5.78 Å². The molecule has 11 heavy (non-hydrogen) atoms. The fraction of sp³-hybridized carbons (Fsp3) is 0.857. The largest absolute Gasteiger partial charge is 0.292 e. The van der Waals surface area contributed by atoms with Gasteiger partial charge in [0.15, 0.2) is 0 Å². The van der Waals surface area contributed by atoms with Crippen LogP contribution in [0.5, 0.6) is 0 Å². The quantitative estimate of drug-likeness (QED) is 0.424. The number of Topliss-reactive ketones (excluding diaryl/α,β-unsaturated/α-hetero) is 1. The van der Waals surface area contributed by atoms with Crippen molar-refractivity contribution >= 4 is 5.78 Å². The number of ketones is 1. The molecule has 0 unspecified atom stereocenters. The molecule has 4 heteroatoms. The fourth-order valence-electron chi connectivity index (χ4n) is 1.36. The van der Waals surface area contributed by atoms with Crippen LogP contribution in [0.25, 0.3) is 0 Å². The number of hydrogen-bond donors (Lipinski definition) is 0. The second-order valence-corrected chi connectivity index (χ2v) is 3.16. The molecule has 1 atom stereocenters. The Kier molecular flexibility index (Phi) is 1.93. The molecule has 0 N–H and O–H groups in total. The summed E-state index contributed by atoms with van der Waals surface area (Å²) in [4.78, 5) is 21.1. The molecule has 1 aliphatic rings. The van der Waals surface area contributed by atoms with Gasteiger partial charge in [-0.3, -0.25) is 14.9 Å². The first-order valence-corrected chi connectivity index (χ1v) is 3.75. The van der Waals surface area contributed by atoms with Crippen LogP contribution in [-0.2, 0) is 4.79 Å². The number of hydrogen-bond acceptors (Lipinski definition) is 3. The van der Waals surface area contributed by atoms with E-state index >= 15 is 0 Å². The van der Waals surface area contributed by atoms with Crippen molar-refractivity contribution in [3.63, 3.8) is 0 Å². The smallest absolute Gasteiger partial charge is 0.276 e. The highest BCUT2D eigenvalue weighted by Gasteiger charge is 2.46. The van der Waals surface area contributed by atoms with Crippen LogP contribution >= 0.6 is 0 Å². The number of nitro groups is 1. The van der Waals surface area contributed by atoms with Crippen LogP contribution in [-0.4, -0.2) is 16.2 Å². The van der Waals surface area contributed by atoms with Gasteiger partial charge < -0.3 is 0 Å². The zero-order valence-corrected chi connectivity index (χ0v) is 6.50. The van der Waals surface area contributed by atoms with Crippen molar-refractivity contribution in [1.82, 2.24) is 0 Å². The first-order chi connectivity index (χ1) is 5.07. The van der Waals surface area contributed by atoms with Gasteiger partial charge in [-0.2, -0.15) is 0 Å². The molecular formula is C7H11NO3. The Balaban J connectivity index is 2.81. The van der Waals surface area contributed by atoms with Crippen molar-refractivity contribution in [2.24, 2.45) is 0 Å². The highest BCUT2D eigenvalue weighted by atomic mass is 16.6. The SMILES string of the molecule is C[C@]1([N+](=O)[O-])CCCCC1=O. The fourth-order valence-corrected chi connectivity index (χ4v) is 1.36. The zero-order chi connectivity index (χ0) is 8.48. The van der Waals surface area contributed by atoms with Gasteiger partial charge in [-0.25, -0.2) is 0 Å². The van der Waals surface area contributed by atoms with Crippen LogP contribution in [0.15, 0.2) is 0 Å². The lowest BCUT2D eigenvalue weighted by molar-refractivity contribution is -0.549. The molecule has 0 aliphatic heterocycles. The molecule has 4 nitrogen and oxygen atoms in total. The summed E-state index contributed by atoms with van der Waals surface area (Å²) in [5, 5.41) is 10.5. The molecule has 0 radical (unpaired) electrons. The van der Waals surface area contributed by atoms with Gasteiger partial charge in [-0.05, 0) is 12.8 Å². The average molecular weight is 157 g/mol. The van der Waals surface area contributed by atoms with E-state index in [1.807, 2.05) is 0 Å². The molecule has 0 bridgehead atoms. The van der Waals surface area contributed by atoms with E-state index in [2.05, 4.69) is 0 Å². The molecule has 0 spiro atoms. The van der Waals surface area contributed by atoms with E-state index in [1.165, 1.54) is 6.92 Å². The number of carbonyl (C=O) groups is 1. The minimum atomic E-state index is -1.28.